The summed E-state index contributed by atoms with van der Waals surface area (Å²) in [5.74, 6) is 0. The molecule has 2 heterocycles. The van der Waals surface area contributed by atoms with Crippen molar-refractivity contribution in [2.24, 2.45) is 0 Å². The largest absolute Gasteiger partial charge is 0.444 e. The van der Waals surface area contributed by atoms with E-state index in [2.05, 4.69) is 6.92 Å². The minimum Gasteiger partial charge on any atom is -0.444 e. The maximum absolute atomic E-state index is 12.0. The lowest BCUT2D eigenvalue weighted by atomic mass is 10.1. The third-order valence-electron chi connectivity index (χ3n) is 3.73. The van der Waals surface area contributed by atoms with E-state index < -0.39 is 5.60 Å². The molecule has 0 aliphatic carbocycles. The van der Waals surface area contributed by atoms with Crippen LogP contribution in [0.5, 0.6) is 0 Å². The van der Waals surface area contributed by atoms with E-state index in [-0.39, 0.29) is 17.8 Å². The summed E-state index contributed by atoms with van der Waals surface area (Å²) in [6.07, 6.45) is 3.02. The molecule has 2 aliphatic rings. The van der Waals surface area contributed by atoms with Crippen LogP contribution in [0.15, 0.2) is 0 Å². The fourth-order valence-corrected chi connectivity index (χ4v) is 2.60. The van der Waals surface area contributed by atoms with Crippen molar-refractivity contribution >= 4 is 6.09 Å². The average Bonchev–Trinajstić information content (AvgIpc) is 2.94. The van der Waals surface area contributed by atoms with Gasteiger partial charge in [0.1, 0.15) is 5.60 Å². The maximum atomic E-state index is 12.0. The summed E-state index contributed by atoms with van der Waals surface area (Å²) in [5, 5.41) is 0. The Bertz CT molecular complexity index is 346. The van der Waals surface area contributed by atoms with Gasteiger partial charge in [0.05, 0.1) is 24.9 Å². The van der Waals surface area contributed by atoms with Crippen LogP contribution in [-0.2, 0) is 14.2 Å². The Morgan fingerprint density at radius 3 is 2.80 bits per heavy atom. The third kappa shape index (κ3) is 4.35. The van der Waals surface area contributed by atoms with Gasteiger partial charge in [-0.25, -0.2) is 4.79 Å². The van der Waals surface area contributed by atoms with Gasteiger partial charge in [0, 0.05) is 13.2 Å². The second-order valence-electron chi connectivity index (χ2n) is 7.05. The normalized spacial score (nSPS) is 30.8. The van der Waals surface area contributed by atoms with Gasteiger partial charge >= 0.3 is 6.09 Å². The zero-order valence-electron chi connectivity index (χ0n) is 13.1. The van der Waals surface area contributed by atoms with Crippen LogP contribution >= 0.6 is 0 Å². The van der Waals surface area contributed by atoms with E-state index in [9.17, 15) is 4.79 Å². The molecule has 2 fully saturated rings. The van der Waals surface area contributed by atoms with E-state index in [1.807, 2.05) is 20.8 Å². The van der Waals surface area contributed by atoms with Crippen molar-refractivity contribution in [3.8, 4) is 0 Å². The molecule has 0 bridgehead atoms. The van der Waals surface area contributed by atoms with Gasteiger partial charge in [-0.05, 0) is 47.0 Å². The highest BCUT2D eigenvalue weighted by molar-refractivity contribution is 5.68. The summed E-state index contributed by atoms with van der Waals surface area (Å²) < 4.78 is 17.0. The molecule has 0 aromatic rings. The molecule has 0 saturated carbocycles. The quantitative estimate of drug-likeness (QED) is 0.799. The summed E-state index contributed by atoms with van der Waals surface area (Å²) >= 11 is 0. The van der Waals surface area contributed by atoms with Crippen LogP contribution < -0.4 is 0 Å². The zero-order chi connectivity index (χ0) is 14.8. The first-order valence-electron chi connectivity index (χ1n) is 7.51. The van der Waals surface area contributed by atoms with E-state index in [4.69, 9.17) is 14.2 Å². The van der Waals surface area contributed by atoms with Crippen LogP contribution in [0.1, 0.15) is 47.0 Å². The molecule has 0 aromatic heterocycles. The van der Waals surface area contributed by atoms with Crippen molar-refractivity contribution in [3.05, 3.63) is 0 Å². The van der Waals surface area contributed by atoms with Crippen LogP contribution in [0.25, 0.3) is 0 Å². The summed E-state index contributed by atoms with van der Waals surface area (Å²) in [5.41, 5.74) is -0.725. The van der Waals surface area contributed by atoms with Crippen LogP contribution in [0.3, 0.4) is 0 Å². The van der Waals surface area contributed by atoms with Crippen molar-refractivity contribution in [2.45, 2.75) is 64.3 Å². The number of rotatable bonds is 3. The molecule has 2 saturated heterocycles. The van der Waals surface area contributed by atoms with E-state index in [0.29, 0.717) is 19.7 Å². The Balaban J connectivity index is 1.79. The third-order valence-corrected chi connectivity index (χ3v) is 3.73. The van der Waals surface area contributed by atoms with Crippen molar-refractivity contribution < 1.29 is 19.0 Å². The number of carbonyl (C=O) groups excluding carboxylic acids is 1. The summed E-state index contributed by atoms with van der Waals surface area (Å²) in [7, 11) is 0. The molecule has 1 amide bonds. The lowest BCUT2D eigenvalue weighted by Crippen LogP contribution is -2.40. The van der Waals surface area contributed by atoms with E-state index in [1.165, 1.54) is 0 Å². The van der Waals surface area contributed by atoms with Gasteiger partial charge in [0.25, 0.3) is 0 Å². The number of ether oxygens (including phenoxy) is 3. The van der Waals surface area contributed by atoms with E-state index in [1.54, 1.807) is 4.90 Å². The van der Waals surface area contributed by atoms with Gasteiger partial charge in [0.15, 0.2) is 0 Å². The fourth-order valence-electron chi connectivity index (χ4n) is 2.60. The van der Waals surface area contributed by atoms with Crippen LogP contribution in [0.4, 0.5) is 4.79 Å². The number of amides is 1. The van der Waals surface area contributed by atoms with Gasteiger partial charge in [-0.2, -0.15) is 0 Å². The SMILES string of the molecule is CC(C)(C)OC(=O)N1CCC(C)(OCC2CCCO2)C1. The topological polar surface area (TPSA) is 48.0 Å². The first-order valence-corrected chi connectivity index (χ1v) is 7.51. The van der Waals surface area contributed by atoms with Gasteiger partial charge in [-0.1, -0.05) is 0 Å². The Morgan fingerprint density at radius 2 is 2.20 bits per heavy atom. The molecule has 0 radical (unpaired) electrons. The summed E-state index contributed by atoms with van der Waals surface area (Å²) in [4.78, 5) is 13.8. The van der Waals surface area contributed by atoms with Gasteiger partial charge < -0.3 is 19.1 Å². The number of nitrogens with zero attached hydrogens (tertiary/aromatic N) is 1. The van der Waals surface area contributed by atoms with Gasteiger partial charge in [-0.3, -0.25) is 0 Å². The molecule has 5 nitrogen and oxygen atoms in total. The smallest absolute Gasteiger partial charge is 0.410 e. The highest BCUT2D eigenvalue weighted by Gasteiger charge is 2.39. The summed E-state index contributed by atoms with van der Waals surface area (Å²) in [6, 6.07) is 0. The molecule has 5 heteroatoms. The lowest BCUT2D eigenvalue weighted by Gasteiger charge is -2.28. The van der Waals surface area contributed by atoms with Crippen LogP contribution in [-0.4, -0.2) is 54.6 Å². The molecule has 2 atom stereocenters. The molecule has 20 heavy (non-hydrogen) atoms. The zero-order valence-corrected chi connectivity index (χ0v) is 13.1. The van der Waals surface area contributed by atoms with E-state index in [0.717, 1.165) is 25.9 Å². The molecule has 2 aliphatic heterocycles. The Hall–Kier alpha value is -0.810. The highest BCUT2D eigenvalue weighted by Crippen LogP contribution is 2.27. The minimum atomic E-state index is -0.450. The molecule has 0 spiro atoms. The van der Waals surface area contributed by atoms with Crippen LogP contribution in [0.2, 0.25) is 0 Å². The molecule has 0 N–H and O–H groups in total. The fraction of sp³-hybridized carbons (Fsp3) is 0.933. The first-order chi connectivity index (χ1) is 9.27. The average molecular weight is 285 g/mol. The second kappa shape index (κ2) is 5.90. The van der Waals surface area contributed by atoms with Crippen molar-refractivity contribution in [2.75, 3.05) is 26.3 Å². The van der Waals surface area contributed by atoms with Crippen molar-refractivity contribution in [3.63, 3.8) is 0 Å². The number of hydrogen-bond donors (Lipinski definition) is 0. The Kier molecular flexibility index (Phi) is 4.59. The highest BCUT2D eigenvalue weighted by atomic mass is 16.6. The number of carbonyl (C=O) groups is 1. The minimum absolute atomic E-state index is 0.224. The van der Waals surface area contributed by atoms with E-state index >= 15 is 0 Å². The Labute approximate surface area is 121 Å². The molecule has 2 rings (SSSR count). The molecule has 0 aromatic carbocycles. The standard InChI is InChI=1S/C15H27NO4/c1-14(2,3)20-13(17)16-8-7-15(4,11-16)19-10-12-6-5-9-18-12/h12H,5-11H2,1-4H3. The summed E-state index contributed by atoms with van der Waals surface area (Å²) in [6.45, 7) is 10.5. The first kappa shape index (κ1) is 15.6. The monoisotopic (exact) mass is 285 g/mol. The molecule has 2 unspecified atom stereocenters. The maximum Gasteiger partial charge on any atom is 0.410 e. The molecular weight excluding hydrogens is 258 g/mol. The Morgan fingerprint density at radius 1 is 1.45 bits per heavy atom. The van der Waals surface area contributed by atoms with Crippen molar-refractivity contribution in [1.29, 1.82) is 0 Å². The molecular formula is C15H27NO4. The lowest BCUT2D eigenvalue weighted by molar-refractivity contribution is -0.0687. The van der Waals surface area contributed by atoms with Crippen LogP contribution in [0, 0.1) is 0 Å². The predicted molar refractivity (Wildman–Crippen MR) is 75.8 cm³/mol. The number of likely N-dealkylation sites (tertiary alicyclic amines) is 1. The second-order valence-corrected chi connectivity index (χ2v) is 7.05. The predicted octanol–water partition coefficient (Wildman–Crippen LogP) is 2.58. The number of hydrogen-bond acceptors (Lipinski definition) is 4. The molecule has 116 valence electrons. The van der Waals surface area contributed by atoms with Gasteiger partial charge in [-0.15, -0.1) is 0 Å². The van der Waals surface area contributed by atoms with Crippen molar-refractivity contribution in [1.82, 2.24) is 4.90 Å². The van der Waals surface area contributed by atoms with Gasteiger partial charge in [0.2, 0.25) is 0 Å².